The molecule has 2 fully saturated rings. The highest BCUT2D eigenvalue weighted by Gasteiger charge is 2.50. The number of hydrogen-bond donors (Lipinski definition) is 1. The van der Waals surface area contributed by atoms with Gasteiger partial charge < -0.3 is 15.0 Å². The van der Waals surface area contributed by atoms with Crippen molar-refractivity contribution in [2.24, 2.45) is 11.8 Å². The SMILES string of the molecule is CCC1CCCCN1C(=O)C1CC1C(=O)NCc1ccccc1OC. The molecule has 1 saturated heterocycles. The standard InChI is InChI=1S/C20H28N2O3/c1-3-15-9-6-7-11-22(15)20(24)17-12-16(17)19(23)21-13-14-8-4-5-10-18(14)25-2/h4-5,8,10,15-17H,3,6-7,9,11-13H2,1-2H3,(H,21,23). The summed E-state index contributed by atoms with van der Waals surface area (Å²) in [7, 11) is 1.62. The monoisotopic (exact) mass is 344 g/mol. The van der Waals surface area contributed by atoms with E-state index >= 15 is 0 Å². The van der Waals surface area contributed by atoms with E-state index in [-0.39, 0.29) is 23.7 Å². The van der Waals surface area contributed by atoms with Crippen LogP contribution in [-0.4, -0.2) is 36.4 Å². The molecule has 1 saturated carbocycles. The normalized spacial score (nSPS) is 25.4. The molecule has 2 amide bonds. The van der Waals surface area contributed by atoms with Crippen LogP contribution in [0.4, 0.5) is 0 Å². The molecule has 1 aliphatic carbocycles. The minimum absolute atomic E-state index is 0.0192. The Morgan fingerprint density at radius 2 is 2.04 bits per heavy atom. The maximum Gasteiger partial charge on any atom is 0.226 e. The van der Waals surface area contributed by atoms with Crippen molar-refractivity contribution in [3.63, 3.8) is 0 Å². The van der Waals surface area contributed by atoms with Crippen molar-refractivity contribution in [1.82, 2.24) is 10.2 Å². The quantitative estimate of drug-likeness (QED) is 0.863. The van der Waals surface area contributed by atoms with Gasteiger partial charge in [0.1, 0.15) is 5.75 Å². The van der Waals surface area contributed by atoms with E-state index in [1.54, 1.807) is 7.11 Å². The number of carbonyl (C=O) groups is 2. The van der Waals surface area contributed by atoms with Crippen LogP contribution in [-0.2, 0) is 16.1 Å². The first-order chi connectivity index (χ1) is 12.2. The highest BCUT2D eigenvalue weighted by Crippen LogP contribution is 2.41. The van der Waals surface area contributed by atoms with Crippen molar-refractivity contribution in [3.8, 4) is 5.75 Å². The number of nitrogens with one attached hydrogen (secondary N) is 1. The van der Waals surface area contributed by atoms with Crippen LogP contribution < -0.4 is 10.1 Å². The van der Waals surface area contributed by atoms with Crippen molar-refractivity contribution >= 4 is 11.8 Å². The molecule has 1 heterocycles. The van der Waals surface area contributed by atoms with E-state index in [0.717, 1.165) is 37.1 Å². The molecule has 1 N–H and O–H groups in total. The summed E-state index contributed by atoms with van der Waals surface area (Å²) in [6.45, 7) is 3.42. The molecule has 5 heteroatoms. The van der Waals surface area contributed by atoms with E-state index in [4.69, 9.17) is 4.74 Å². The van der Waals surface area contributed by atoms with Crippen molar-refractivity contribution in [2.45, 2.75) is 51.6 Å². The van der Waals surface area contributed by atoms with E-state index in [1.165, 1.54) is 6.42 Å². The van der Waals surface area contributed by atoms with Crippen LogP contribution in [0.5, 0.6) is 5.75 Å². The van der Waals surface area contributed by atoms with Crippen LogP contribution in [0, 0.1) is 11.8 Å². The fourth-order valence-corrected chi connectivity index (χ4v) is 3.85. The lowest BCUT2D eigenvalue weighted by molar-refractivity contribution is -0.138. The van der Waals surface area contributed by atoms with Crippen LogP contribution in [0.25, 0.3) is 0 Å². The minimum Gasteiger partial charge on any atom is -0.496 e. The van der Waals surface area contributed by atoms with Crippen LogP contribution in [0.3, 0.4) is 0 Å². The maximum absolute atomic E-state index is 12.7. The van der Waals surface area contributed by atoms with Crippen molar-refractivity contribution in [1.29, 1.82) is 0 Å². The molecule has 5 nitrogen and oxygen atoms in total. The Labute approximate surface area is 149 Å². The van der Waals surface area contributed by atoms with Crippen molar-refractivity contribution < 1.29 is 14.3 Å². The number of amides is 2. The van der Waals surface area contributed by atoms with Gasteiger partial charge in [-0.25, -0.2) is 0 Å². The van der Waals surface area contributed by atoms with Gasteiger partial charge in [0, 0.05) is 24.7 Å². The van der Waals surface area contributed by atoms with Crippen LogP contribution in [0.2, 0.25) is 0 Å². The zero-order valence-corrected chi connectivity index (χ0v) is 15.2. The summed E-state index contributed by atoms with van der Waals surface area (Å²) in [6, 6.07) is 8.01. The van der Waals surface area contributed by atoms with Crippen molar-refractivity contribution in [3.05, 3.63) is 29.8 Å². The molecule has 25 heavy (non-hydrogen) atoms. The summed E-state index contributed by atoms with van der Waals surface area (Å²) in [6.07, 6.45) is 5.07. The first-order valence-electron chi connectivity index (χ1n) is 9.35. The molecule has 0 spiro atoms. The smallest absolute Gasteiger partial charge is 0.226 e. The summed E-state index contributed by atoms with van der Waals surface area (Å²) in [5, 5.41) is 2.96. The fourth-order valence-electron chi connectivity index (χ4n) is 3.85. The Kier molecular flexibility index (Phi) is 5.61. The second-order valence-electron chi connectivity index (χ2n) is 7.07. The highest BCUT2D eigenvalue weighted by atomic mass is 16.5. The summed E-state index contributed by atoms with van der Waals surface area (Å²) in [5.41, 5.74) is 0.948. The van der Waals surface area contributed by atoms with E-state index in [0.29, 0.717) is 19.0 Å². The van der Waals surface area contributed by atoms with Gasteiger partial charge >= 0.3 is 0 Å². The van der Waals surface area contributed by atoms with Gasteiger partial charge in [-0.2, -0.15) is 0 Å². The lowest BCUT2D eigenvalue weighted by atomic mass is 9.99. The predicted molar refractivity (Wildman–Crippen MR) is 96.1 cm³/mol. The van der Waals surface area contributed by atoms with Crippen molar-refractivity contribution in [2.75, 3.05) is 13.7 Å². The molecule has 1 aromatic rings. The number of methoxy groups -OCH3 is 1. The van der Waals surface area contributed by atoms with E-state index in [9.17, 15) is 9.59 Å². The van der Waals surface area contributed by atoms with Gasteiger partial charge in [0.25, 0.3) is 0 Å². The predicted octanol–water partition coefficient (Wildman–Crippen LogP) is 2.74. The zero-order chi connectivity index (χ0) is 17.8. The van der Waals surface area contributed by atoms with Gasteiger partial charge in [0.05, 0.1) is 18.9 Å². The molecule has 0 bridgehead atoms. The van der Waals surface area contributed by atoms with E-state index in [1.807, 2.05) is 29.2 Å². The summed E-state index contributed by atoms with van der Waals surface area (Å²) < 4.78 is 5.30. The first-order valence-corrected chi connectivity index (χ1v) is 9.35. The number of piperidine rings is 1. The number of likely N-dealkylation sites (tertiary alicyclic amines) is 1. The van der Waals surface area contributed by atoms with Gasteiger partial charge in [-0.1, -0.05) is 25.1 Å². The number of ether oxygens (including phenoxy) is 1. The maximum atomic E-state index is 12.7. The average molecular weight is 344 g/mol. The van der Waals surface area contributed by atoms with E-state index in [2.05, 4.69) is 12.2 Å². The van der Waals surface area contributed by atoms with Crippen LogP contribution in [0.1, 0.15) is 44.6 Å². The molecule has 0 radical (unpaired) electrons. The second-order valence-corrected chi connectivity index (χ2v) is 7.07. The number of hydrogen-bond acceptors (Lipinski definition) is 3. The number of rotatable bonds is 6. The lowest BCUT2D eigenvalue weighted by Gasteiger charge is -2.35. The first kappa shape index (κ1) is 17.8. The molecule has 3 atom stereocenters. The van der Waals surface area contributed by atoms with Crippen LogP contribution in [0.15, 0.2) is 24.3 Å². The zero-order valence-electron chi connectivity index (χ0n) is 15.2. The molecule has 3 rings (SSSR count). The molecule has 2 aliphatic rings. The van der Waals surface area contributed by atoms with Crippen LogP contribution >= 0.6 is 0 Å². The Hall–Kier alpha value is -2.04. The third-order valence-corrected chi connectivity index (χ3v) is 5.47. The van der Waals surface area contributed by atoms with E-state index < -0.39 is 0 Å². The highest BCUT2D eigenvalue weighted by molar-refractivity contribution is 5.92. The average Bonchev–Trinajstić information content (AvgIpc) is 3.46. The number of benzene rings is 1. The second kappa shape index (κ2) is 7.89. The Bertz CT molecular complexity index is 631. The van der Waals surface area contributed by atoms with Gasteiger partial charge in [-0.15, -0.1) is 0 Å². The lowest BCUT2D eigenvalue weighted by Crippen LogP contribution is -2.44. The largest absolute Gasteiger partial charge is 0.496 e. The Balaban J connectivity index is 1.52. The number of carbonyl (C=O) groups excluding carboxylic acids is 2. The summed E-state index contributed by atoms with van der Waals surface area (Å²) in [5.74, 6) is 0.648. The molecular weight excluding hydrogens is 316 g/mol. The van der Waals surface area contributed by atoms with Gasteiger partial charge in [-0.3, -0.25) is 9.59 Å². The Morgan fingerprint density at radius 3 is 2.80 bits per heavy atom. The number of para-hydroxylation sites is 1. The minimum atomic E-state index is -0.165. The molecule has 1 aromatic carbocycles. The van der Waals surface area contributed by atoms with Gasteiger partial charge in [0.15, 0.2) is 0 Å². The summed E-state index contributed by atoms with van der Waals surface area (Å²) >= 11 is 0. The topological polar surface area (TPSA) is 58.6 Å². The summed E-state index contributed by atoms with van der Waals surface area (Å²) in [4.78, 5) is 27.2. The third kappa shape index (κ3) is 3.97. The fraction of sp³-hybridized carbons (Fsp3) is 0.600. The molecule has 3 unspecified atom stereocenters. The Morgan fingerprint density at radius 1 is 1.24 bits per heavy atom. The molecular formula is C20H28N2O3. The van der Waals surface area contributed by atoms with Gasteiger partial charge in [-0.05, 0) is 38.2 Å². The number of nitrogens with zero attached hydrogens (tertiary/aromatic N) is 1. The third-order valence-electron chi connectivity index (χ3n) is 5.47. The van der Waals surface area contributed by atoms with Gasteiger partial charge in [0.2, 0.25) is 11.8 Å². The molecule has 0 aromatic heterocycles. The molecule has 136 valence electrons. The molecule has 1 aliphatic heterocycles.